The first-order valence-electron chi connectivity index (χ1n) is 4.86. The Bertz CT molecular complexity index is 484. The van der Waals surface area contributed by atoms with Gasteiger partial charge in [-0.05, 0) is 19.1 Å². The van der Waals surface area contributed by atoms with Gasteiger partial charge in [-0.25, -0.2) is 15.3 Å². The quantitative estimate of drug-likeness (QED) is 0.423. The third-order valence-corrected chi connectivity index (χ3v) is 2.29. The number of nitrogens with one attached hydrogen (secondary N) is 1. The first kappa shape index (κ1) is 11.2. The zero-order chi connectivity index (χ0) is 12.4. The smallest absolute Gasteiger partial charge is 0.339 e. The van der Waals surface area contributed by atoms with Gasteiger partial charge in [-0.3, -0.25) is 4.79 Å². The minimum absolute atomic E-state index is 0.265. The van der Waals surface area contributed by atoms with Gasteiger partial charge in [0.25, 0.3) is 0 Å². The Morgan fingerprint density at radius 3 is 2.94 bits per heavy atom. The second-order valence-corrected chi connectivity index (χ2v) is 3.45. The zero-order valence-electron chi connectivity index (χ0n) is 9.01. The molecule has 0 aromatic carbocycles. The van der Waals surface area contributed by atoms with Crippen LogP contribution in [-0.4, -0.2) is 21.9 Å². The highest BCUT2D eigenvalue weighted by Gasteiger charge is 2.22. The molecule has 0 aliphatic carbocycles. The summed E-state index contributed by atoms with van der Waals surface area (Å²) in [6, 6.07) is 0. The molecule has 2 aliphatic rings. The first-order valence-corrected chi connectivity index (χ1v) is 4.86. The summed E-state index contributed by atoms with van der Waals surface area (Å²) in [4.78, 5) is 27.1. The summed E-state index contributed by atoms with van der Waals surface area (Å²) < 4.78 is 0. The van der Waals surface area contributed by atoms with Crippen LogP contribution in [0.15, 0.2) is 47.5 Å². The molecular formula is C11H10N2O4. The largest absolute Gasteiger partial charge is 0.478 e. The number of hydrogen-bond acceptors (Lipinski definition) is 5. The number of nitrogens with zero attached hydrogens (tertiary/aromatic N) is 1. The molecule has 2 N–H and O–H groups in total. The van der Waals surface area contributed by atoms with Crippen molar-refractivity contribution in [2.75, 3.05) is 0 Å². The third-order valence-electron chi connectivity index (χ3n) is 2.29. The number of Topliss-reactive ketones (excluding diaryl/α,β-unsaturated/α-hetero) is 1. The van der Waals surface area contributed by atoms with Gasteiger partial charge >= 0.3 is 5.97 Å². The second-order valence-electron chi connectivity index (χ2n) is 3.45. The first-order chi connectivity index (χ1) is 8.09. The minimum atomic E-state index is -1.24. The van der Waals surface area contributed by atoms with Crippen LogP contribution in [0, 0.1) is 0 Å². The number of carbonyl (C=O) groups excluding carboxylic acids is 1. The lowest BCUT2D eigenvalue weighted by Crippen LogP contribution is -2.17. The maximum Gasteiger partial charge on any atom is 0.339 e. The van der Waals surface area contributed by atoms with Crippen molar-refractivity contribution in [2.24, 2.45) is 0 Å². The predicted molar refractivity (Wildman–Crippen MR) is 57.8 cm³/mol. The highest BCUT2D eigenvalue weighted by molar-refractivity contribution is 6.16. The van der Waals surface area contributed by atoms with E-state index in [4.69, 9.17) is 10.0 Å². The van der Waals surface area contributed by atoms with Crippen molar-refractivity contribution < 1.29 is 19.6 Å². The number of aliphatic carboxylic acids is 1. The highest BCUT2D eigenvalue weighted by Crippen LogP contribution is 2.25. The molecule has 88 valence electrons. The molecule has 0 saturated heterocycles. The van der Waals surface area contributed by atoms with Crippen LogP contribution in [0.25, 0.3) is 0 Å². The van der Waals surface area contributed by atoms with E-state index in [2.05, 4.69) is 5.48 Å². The lowest BCUT2D eigenvalue weighted by Gasteiger charge is -2.17. The molecule has 6 nitrogen and oxygen atoms in total. The predicted octanol–water partition coefficient (Wildman–Crippen LogP) is 0.633. The summed E-state index contributed by atoms with van der Waals surface area (Å²) in [5.41, 5.74) is 3.51. The van der Waals surface area contributed by atoms with Gasteiger partial charge in [0.2, 0.25) is 0 Å². The van der Waals surface area contributed by atoms with Crippen LogP contribution >= 0.6 is 0 Å². The van der Waals surface area contributed by atoms with Crippen molar-refractivity contribution in [2.45, 2.75) is 6.92 Å². The van der Waals surface area contributed by atoms with Gasteiger partial charge in [-0.2, -0.15) is 4.94 Å². The number of carboxylic acids is 1. The van der Waals surface area contributed by atoms with Gasteiger partial charge in [0.1, 0.15) is 5.57 Å². The summed E-state index contributed by atoms with van der Waals surface area (Å²) in [6.45, 7) is 1.22. The number of fused-ring (bicyclic) bond motifs is 1. The van der Waals surface area contributed by atoms with Gasteiger partial charge in [0.05, 0.1) is 11.9 Å². The summed E-state index contributed by atoms with van der Waals surface area (Å²) in [7, 11) is 0. The molecule has 0 amide bonds. The van der Waals surface area contributed by atoms with E-state index in [-0.39, 0.29) is 5.57 Å². The summed E-state index contributed by atoms with van der Waals surface area (Å²) in [6.07, 6.45) is 7.95. The maximum absolute atomic E-state index is 11.2. The fraction of sp³-hybridized carbons (Fsp3) is 0.0909. The van der Waals surface area contributed by atoms with E-state index in [9.17, 15) is 9.59 Å². The summed E-state index contributed by atoms with van der Waals surface area (Å²) >= 11 is 0. The van der Waals surface area contributed by atoms with Crippen molar-refractivity contribution in [3.05, 3.63) is 47.5 Å². The Labute approximate surface area is 97.1 Å². The molecule has 0 bridgehead atoms. The second kappa shape index (κ2) is 4.26. The van der Waals surface area contributed by atoms with E-state index in [0.29, 0.717) is 11.3 Å². The van der Waals surface area contributed by atoms with Crippen LogP contribution in [0.3, 0.4) is 0 Å². The molecule has 0 radical (unpaired) electrons. The number of allylic oxidation sites excluding steroid dienone is 3. The van der Waals surface area contributed by atoms with Crippen molar-refractivity contribution in [3.8, 4) is 0 Å². The van der Waals surface area contributed by atoms with Crippen LogP contribution < -0.4 is 5.48 Å². The summed E-state index contributed by atoms with van der Waals surface area (Å²) in [5, 5.41) is 10.3. The Balaban J connectivity index is 2.37. The molecule has 2 heterocycles. The van der Waals surface area contributed by atoms with E-state index in [1.165, 1.54) is 18.1 Å². The van der Waals surface area contributed by atoms with Gasteiger partial charge in [-0.1, -0.05) is 6.08 Å². The van der Waals surface area contributed by atoms with Gasteiger partial charge in [0.15, 0.2) is 5.78 Å². The molecule has 0 fully saturated rings. The van der Waals surface area contributed by atoms with Gasteiger partial charge < -0.3 is 5.11 Å². The molecule has 2 aliphatic heterocycles. The van der Waals surface area contributed by atoms with Crippen LogP contribution in [0.5, 0.6) is 0 Å². The number of hydrogen-bond donors (Lipinski definition) is 2. The molecule has 0 saturated carbocycles. The van der Waals surface area contributed by atoms with Crippen molar-refractivity contribution in [1.82, 2.24) is 10.5 Å². The molecule has 0 unspecified atom stereocenters. The minimum Gasteiger partial charge on any atom is -0.478 e. The van der Waals surface area contributed by atoms with E-state index >= 15 is 0 Å². The molecule has 0 spiro atoms. The van der Waals surface area contributed by atoms with Crippen molar-refractivity contribution in [3.63, 3.8) is 0 Å². The average molecular weight is 234 g/mol. The van der Waals surface area contributed by atoms with Crippen LogP contribution in [0.2, 0.25) is 0 Å². The van der Waals surface area contributed by atoms with Gasteiger partial charge in [0, 0.05) is 11.8 Å². The Kier molecular flexibility index (Phi) is 2.80. The van der Waals surface area contributed by atoms with E-state index in [0.717, 1.165) is 0 Å². The fourth-order valence-electron chi connectivity index (χ4n) is 1.47. The number of carboxylic acid groups (broad SMARTS) is 1. The lowest BCUT2D eigenvalue weighted by molar-refractivity contribution is -0.134. The molecule has 0 atom stereocenters. The number of ketones is 1. The SMILES string of the molecule is CC(=O)C(=CC1=CC=CN2ONC=C12)C(=O)O. The standard InChI is InChI=1S/C11H10N2O4/c1-7(14)9(11(15)16)5-8-3-2-4-13-10(8)6-12-17-13/h2-6,12H,1H3,(H,15,16). The number of hydroxylamine groups is 3. The normalized spacial score (nSPS) is 18.2. The van der Waals surface area contributed by atoms with Crippen LogP contribution in [0.4, 0.5) is 0 Å². The van der Waals surface area contributed by atoms with E-state index in [1.54, 1.807) is 24.6 Å². The molecule has 0 aromatic heterocycles. The Morgan fingerprint density at radius 1 is 1.53 bits per heavy atom. The molecule has 2 rings (SSSR count). The van der Waals surface area contributed by atoms with Crippen molar-refractivity contribution in [1.29, 1.82) is 0 Å². The maximum atomic E-state index is 11.2. The Hall–Kier alpha value is -2.34. The number of carbonyl (C=O) groups is 2. The van der Waals surface area contributed by atoms with Crippen LogP contribution in [-0.2, 0) is 14.5 Å². The van der Waals surface area contributed by atoms with Crippen molar-refractivity contribution >= 4 is 11.8 Å². The van der Waals surface area contributed by atoms with Gasteiger partial charge in [-0.15, -0.1) is 0 Å². The number of rotatable bonds is 3. The molecular weight excluding hydrogens is 224 g/mol. The van der Waals surface area contributed by atoms with E-state index in [1.807, 2.05) is 0 Å². The topological polar surface area (TPSA) is 78.9 Å². The molecule has 6 heteroatoms. The zero-order valence-corrected chi connectivity index (χ0v) is 9.01. The summed E-state index contributed by atoms with van der Waals surface area (Å²) in [5.74, 6) is -1.74. The molecule has 0 aromatic rings. The Morgan fingerprint density at radius 2 is 2.29 bits per heavy atom. The lowest BCUT2D eigenvalue weighted by atomic mass is 10.0. The highest BCUT2D eigenvalue weighted by atomic mass is 16.8. The van der Waals surface area contributed by atoms with Crippen LogP contribution in [0.1, 0.15) is 6.92 Å². The average Bonchev–Trinajstić information content (AvgIpc) is 2.73. The van der Waals surface area contributed by atoms with E-state index < -0.39 is 11.8 Å². The monoisotopic (exact) mass is 234 g/mol. The fourth-order valence-corrected chi connectivity index (χ4v) is 1.47. The molecule has 17 heavy (non-hydrogen) atoms. The third kappa shape index (κ3) is 2.11.